The lowest BCUT2D eigenvalue weighted by Gasteiger charge is -2.13. The number of rotatable bonds is 7. The van der Waals surface area contributed by atoms with Crippen molar-refractivity contribution in [1.82, 2.24) is 4.72 Å². The highest BCUT2D eigenvalue weighted by atomic mass is 79.9. The third-order valence-corrected chi connectivity index (χ3v) is 5.45. The van der Waals surface area contributed by atoms with Crippen LogP contribution in [0.2, 0.25) is 5.02 Å². The number of benzene rings is 2. The first kappa shape index (κ1) is 19.2. The molecule has 0 amide bonds. The summed E-state index contributed by atoms with van der Waals surface area (Å²) in [5.74, 6) is 0.208. The van der Waals surface area contributed by atoms with Gasteiger partial charge in [0, 0.05) is 18.7 Å². The lowest BCUT2D eigenvalue weighted by molar-refractivity contribution is 0.185. The fourth-order valence-electron chi connectivity index (χ4n) is 2.19. The van der Waals surface area contributed by atoms with Crippen LogP contribution in [-0.2, 0) is 27.9 Å². The standard InChI is InChI=1S/C16H17BrClNO4S/c1-22-10-12-5-3-4-11(6-12)9-19-24(20,21)15-8-13(18)7-14(17)16(15)23-2/h3-8,19H,9-10H2,1-2H3. The molecule has 5 nitrogen and oxygen atoms in total. The molecule has 0 aromatic heterocycles. The van der Waals surface area contributed by atoms with Gasteiger partial charge in [0.2, 0.25) is 10.0 Å². The molecule has 0 saturated carbocycles. The van der Waals surface area contributed by atoms with Gasteiger partial charge >= 0.3 is 0 Å². The molecule has 2 aromatic rings. The Morgan fingerprint density at radius 1 is 1.17 bits per heavy atom. The van der Waals surface area contributed by atoms with E-state index in [0.717, 1.165) is 11.1 Å². The van der Waals surface area contributed by atoms with Crippen molar-refractivity contribution < 1.29 is 17.9 Å². The lowest BCUT2D eigenvalue weighted by atomic mass is 10.1. The second-order valence-corrected chi connectivity index (χ2v) is 8.02. The Labute approximate surface area is 155 Å². The number of halogens is 2. The number of methoxy groups -OCH3 is 2. The van der Waals surface area contributed by atoms with E-state index in [9.17, 15) is 8.42 Å². The fraction of sp³-hybridized carbons (Fsp3) is 0.250. The summed E-state index contributed by atoms with van der Waals surface area (Å²) < 4.78 is 38.5. The zero-order valence-electron chi connectivity index (χ0n) is 13.2. The predicted molar refractivity (Wildman–Crippen MR) is 96.9 cm³/mol. The van der Waals surface area contributed by atoms with E-state index >= 15 is 0 Å². The Morgan fingerprint density at radius 3 is 2.54 bits per heavy atom. The van der Waals surface area contributed by atoms with Crippen molar-refractivity contribution in [2.75, 3.05) is 14.2 Å². The molecule has 1 N–H and O–H groups in total. The SMILES string of the molecule is COCc1cccc(CNS(=O)(=O)c2cc(Cl)cc(Br)c2OC)c1. The van der Waals surface area contributed by atoms with E-state index in [1.54, 1.807) is 13.2 Å². The maximum absolute atomic E-state index is 12.6. The lowest BCUT2D eigenvalue weighted by Crippen LogP contribution is -2.24. The molecule has 0 aliphatic carbocycles. The Hall–Kier alpha value is -1.12. The highest BCUT2D eigenvalue weighted by Crippen LogP contribution is 2.35. The summed E-state index contributed by atoms with van der Waals surface area (Å²) in [5, 5.41) is 0.296. The van der Waals surface area contributed by atoms with E-state index < -0.39 is 10.0 Å². The van der Waals surface area contributed by atoms with Gasteiger partial charge in [0.05, 0.1) is 18.2 Å². The molecule has 24 heavy (non-hydrogen) atoms. The van der Waals surface area contributed by atoms with Crippen LogP contribution in [0, 0.1) is 0 Å². The van der Waals surface area contributed by atoms with Crippen LogP contribution in [0.25, 0.3) is 0 Å². The summed E-state index contributed by atoms with van der Waals surface area (Å²) in [5.41, 5.74) is 1.80. The minimum Gasteiger partial charge on any atom is -0.494 e. The molecule has 0 saturated heterocycles. The topological polar surface area (TPSA) is 64.6 Å². The van der Waals surface area contributed by atoms with Crippen molar-refractivity contribution >= 4 is 37.6 Å². The number of nitrogens with one attached hydrogen (secondary N) is 1. The first-order valence-corrected chi connectivity index (χ1v) is 9.62. The largest absolute Gasteiger partial charge is 0.494 e. The third-order valence-electron chi connectivity index (χ3n) is 3.24. The molecular formula is C16H17BrClNO4S. The molecule has 2 rings (SSSR count). The molecule has 130 valence electrons. The molecule has 0 unspecified atom stereocenters. The predicted octanol–water partition coefficient (Wildman–Crippen LogP) is 3.74. The molecule has 0 radical (unpaired) electrons. The second-order valence-electron chi connectivity index (χ2n) is 5.00. The van der Waals surface area contributed by atoms with Crippen LogP contribution in [0.15, 0.2) is 45.8 Å². The number of ether oxygens (including phenoxy) is 2. The van der Waals surface area contributed by atoms with Crippen LogP contribution in [0.1, 0.15) is 11.1 Å². The molecule has 8 heteroatoms. The van der Waals surface area contributed by atoms with Crippen LogP contribution in [0.3, 0.4) is 0 Å². The van der Waals surface area contributed by atoms with Gasteiger partial charge in [0.25, 0.3) is 0 Å². The first-order valence-electron chi connectivity index (χ1n) is 6.97. The minimum absolute atomic E-state index is 0.0163. The molecule has 2 aromatic carbocycles. The maximum atomic E-state index is 12.6. The third kappa shape index (κ3) is 4.70. The summed E-state index contributed by atoms with van der Waals surface area (Å²) >= 11 is 9.22. The van der Waals surface area contributed by atoms with E-state index in [4.69, 9.17) is 21.1 Å². The van der Waals surface area contributed by atoms with Gasteiger partial charge in [-0.25, -0.2) is 13.1 Å². The number of hydrogen-bond donors (Lipinski definition) is 1. The highest BCUT2D eigenvalue weighted by molar-refractivity contribution is 9.10. The average molecular weight is 435 g/mol. The van der Waals surface area contributed by atoms with E-state index in [-0.39, 0.29) is 17.2 Å². The smallest absolute Gasteiger partial charge is 0.244 e. The van der Waals surface area contributed by atoms with Gasteiger partial charge in [0.15, 0.2) is 5.75 Å². The normalized spacial score (nSPS) is 11.5. The van der Waals surface area contributed by atoms with Gasteiger partial charge in [-0.3, -0.25) is 0 Å². The number of hydrogen-bond acceptors (Lipinski definition) is 4. The van der Waals surface area contributed by atoms with Gasteiger partial charge in [-0.05, 0) is 39.2 Å². The van der Waals surface area contributed by atoms with Crippen molar-refractivity contribution in [2.45, 2.75) is 18.0 Å². The van der Waals surface area contributed by atoms with Crippen LogP contribution in [0.5, 0.6) is 5.75 Å². The van der Waals surface area contributed by atoms with Gasteiger partial charge in [-0.1, -0.05) is 35.9 Å². The summed E-state index contributed by atoms with van der Waals surface area (Å²) in [6.07, 6.45) is 0. The maximum Gasteiger partial charge on any atom is 0.244 e. The molecule has 0 aliphatic heterocycles. The molecular weight excluding hydrogens is 418 g/mol. The molecule has 0 fully saturated rings. The summed E-state index contributed by atoms with van der Waals surface area (Å²) in [6.45, 7) is 0.614. The van der Waals surface area contributed by atoms with Crippen molar-refractivity contribution in [1.29, 1.82) is 0 Å². The Morgan fingerprint density at radius 2 is 1.88 bits per heavy atom. The van der Waals surface area contributed by atoms with Crippen LogP contribution in [0.4, 0.5) is 0 Å². The van der Waals surface area contributed by atoms with E-state index in [1.807, 2.05) is 24.3 Å². The summed E-state index contributed by atoms with van der Waals surface area (Å²) in [4.78, 5) is -0.0163. The van der Waals surface area contributed by atoms with E-state index in [2.05, 4.69) is 20.7 Å². The average Bonchev–Trinajstić information content (AvgIpc) is 2.53. The van der Waals surface area contributed by atoms with E-state index in [1.165, 1.54) is 13.2 Å². The zero-order valence-corrected chi connectivity index (χ0v) is 16.3. The van der Waals surface area contributed by atoms with Gasteiger partial charge in [0.1, 0.15) is 4.90 Å². The highest BCUT2D eigenvalue weighted by Gasteiger charge is 2.22. The van der Waals surface area contributed by atoms with Crippen LogP contribution in [-0.4, -0.2) is 22.6 Å². The zero-order chi connectivity index (χ0) is 17.7. The van der Waals surface area contributed by atoms with Crippen molar-refractivity contribution in [3.8, 4) is 5.75 Å². The van der Waals surface area contributed by atoms with Crippen molar-refractivity contribution in [3.63, 3.8) is 0 Å². The van der Waals surface area contributed by atoms with Gasteiger partial charge in [-0.15, -0.1) is 0 Å². The molecule has 0 atom stereocenters. The Balaban J connectivity index is 2.25. The minimum atomic E-state index is -3.79. The monoisotopic (exact) mass is 433 g/mol. The molecule has 0 aliphatic rings. The van der Waals surface area contributed by atoms with E-state index in [0.29, 0.717) is 16.1 Å². The van der Waals surface area contributed by atoms with Crippen molar-refractivity contribution in [2.24, 2.45) is 0 Å². The fourth-order valence-corrected chi connectivity index (χ4v) is 4.59. The van der Waals surface area contributed by atoms with Crippen molar-refractivity contribution in [3.05, 3.63) is 57.0 Å². The van der Waals surface area contributed by atoms with Crippen LogP contribution >= 0.6 is 27.5 Å². The second kappa shape index (κ2) is 8.31. The summed E-state index contributed by atoms with van der Waals surface area (Å²) in [6, 6.07) is 10.4. The summed E-state index contributed by atoms with van der Waals surface area (Å²) in [7, 11) is -0.778. The molecule has 0 heterocycles. The first-order chi connectivity index (χ1) is 11.4. The van der Waals surface area contributed by atoms with Crippen LogP contribution < -0.4 is 9.46 Å². The number of sulfonamides is 1. The van der Waals surface area contributed by atoms with Gasteiger partial charge < -0.3 is 9.47 Å². The molecule has 0 bridgehead atoms. The quantitative estimate of drug-likeness (QED) is 0.721. The van der Waals surface area contributed by atoms with Gasteiger partial charge in [-0.2, -0.15) is 0 Å². The molecule has 0 spiro atoms. The Kier molecular flexibility index (Phi) is 6.65. The Bertz CT molecular complexity index is 827.